The molecule has 0 amide bonds. The zero-order chi connectivity index (χ0) is 13.1. The summed E-state index contributed by atoms with van der Waals surface area (Å²) in [5.41, 5.74) is 2.79. The highest BCUT2D eigenvalue weighted by molar-refractivity contribution is 5.26. The van der Waals surface area contributed by atoms with Crippen molar-refractivity contribution in [3.05, 3.63) is 35.4 Å². The number of hydrogen-bond acceptors (Lipinski definition) is 2. The van der Waals surface area contributed by atoms with Gasteiger partial charge in [0.15, 0.2) is 0 Å². The lowest BCUT2D eigenvalue weighted by molar-refractivity contribution is 0.112. The summed E-state index contributed by atoms with van der Waals surface area (Å²) < 4.78 is 0. The molecule has 2 rings (SSSR count). The predicted molar refractivity (Wildman–Crippen MR) is 75.8 cm³/mol. The summed E-state index contributed by atoms with van der Waals surface area (Å²) in [6.07, 6.45) is 2.19. The average molecular weight is 247 g/mol. The molecule has 1 unspecified atom stereocenters. The molecule has 1 fully saturated rings. The molecule has 0 bridgehead atoms. The minimum atomic E-state index is -0.219. The van der Waals surface area contributed by atoms with E-state index in [0.29, 0.717) is 17.9 Å². The van der Waals surface area contributed by atoms with E-state index < -0.39 is 0 Å². The fraction of sp³-hybridized carbons (Fsp3) is 0.625. The second-order valence-corrected chi connectivity index (χ2v) is 6.00. The van der Waals surface area contributed by atoms with E-state index in [0.717, 1.165) is 6.54 Å². The number of aliphatic hydroxyl groups is 1. The first-order valence-corrected chi connectivity index (χ1v) is 7.04. The van der Waals surface area contributed by atoms with Gasteiger partial charge in [-0.05, 0) is 37.2 Å². The molecule has 1 aliphatic carbocycles. The van der Waals surface area contributed by atoms with Gasteiger partial charge in [-0.3, -0.25) is 0 Å². The Kier molecular flexibility index (Phi) is 4.41. The molecule has 18 heavy (non-hydrogen) atoms. The molecule has 2 heteroatoms. The van der Waals surface area contributed by atoms with Gasteiger partial charge in [-0.15, -0.1) is 0 Å². The first-order valence-electron chi connectivity index (χ1n) is 7.04. The van der Waals surface area contributed by atoms with Gasteiger partial charge in [0.1, 0.15) is 0 Å². The van der Waals surface area contributed by atoms with Crippen molar-refractivity contribution in [2.45, 2.75) is 51.7 Å². The second-order valence-electron chi connectivity index (χ2n) is 6.00. The van der Waals surface area contributed by atoms with Crippen LogP contribution in [0, 0.1) is 12.8 Å². The van der Waals surface area contributed by atoms with Gasteiger partial charge in [-0.1, -0.05) is 43.7 Å². The number of benzene rings is 1. The van der Waals surface area contributed by atoms with Gasteiger partial charge < -0.3 is 10.4 Å². The summed E-state index contributed by atoms with van der Waals surface area (Å²) in [7, 11) is 0. The Morgan fingerprint density at radius 2 is 1.83 bits per heavy atom. The molecule has 1 aromatic carbocycles. The zero-order valence-corrected chi connectivity index (χ0v) is 11.7. The van der Waals surface area contributed by atoms with Crippen LogP contribution in [0.1, 0.15) is 43.7 Å². The van der Waals surface area contributed by atoms with Crippen molar-refractivity contribution in [3.8, 4) is 0 Å². The van der Waals surface area contributed by atoms with Gasteiger partial charge in [0.05, 0.1) is 6.10 Å². The lowest BCUT2D eigenvalue weighted by atomic mass is 9.75. The van der Waals surface area contributed by atoms with Crippen molar-refractivity contribution in [2.75, 3.05) is 6.54 Å². The number of hydrogen-bond donors (Lipinski definition) is 2. The van der Waals surface area contributed by atoms with Gasteiger partial charge in [-0.2, -0.15) is 0 Å². The molecule has 2 nitrogen and oxygen atoms in total. The highest BCUT2D eigenvalue weighted by Crippen LogP contribution is 2.36. The minimum absolute atomic E-state index is 0.219. The molecule has 0 aromatic heterocycles. The van der Waals surface area contributed by atoms with Crippen LogP contribution in [0.2, 0.25) is 0 Å². The Bertz CT molecular complexity index is 365. The largest absolute Gasteiger partial charge is 0.392 e. The van der Waals surface area contributed by atoms with Gasteiger partial charge in [0, 0.05) is 12.6 Å². The van der Waals surface area contributed by atoms with Crippen LogP contribution in [-0.2, 0) is 0 Å². The van der Waals surface area contributed by atoms with Crippen molar-refractivity contribution in [2.24, 2.45) is 5.92 Å². The fourth-order valence-electron chi connectivity index (χ4n) is 2.42. The summed E-state index contributed by atoms with van der Waals surface area (Å²) in [4.78, 5) is 0. The van der Waals surface area contributed by atoms with E-state index >= 15 is 0 Å². The quantitative estimate of drug-likeness (QED) is 0.838. The highest BCUT2D eigenvalue weighted by Gasteiger charge is 2.30. The Balaban J connectivity index is 1.72. The van der Waals surface area contributed by atoms with Gasteiger partial charge in [0.2, 0.25) is 0 Å². The SMILES string of the molecule is Cc1ccc(C2CC(NCC(O)C(C)C)C2)cc1. The molecule has 1 aliphatic rings. The lowest BCUT2D eigenvalue weighted by Crippen LogP contribution is -2.44. The van der Waals surface area contributed by atoms with Gasteiger partial charge in [-0.25, -0.2) is 0 Å². The second kappa shape index (κ2) is 5.85. The maximum Gasteiger partial charge on any atom is 0.0687 e. The Labute approximate surface area is 110 Å². The normalized spacial score (nSPS) is 24.9. The van der Waals surface area contributed by atoms with Crippen molar-refractivity contribution in [3.63, 3.8) is 0 Å². The molecule has 0 aliphatic heterocycles. The lowest BCUT2D eigenvalue weighted by Gasteiger charge is -2.37. The summed E-state index contributed by atoms with van der Waals surface area (Å²) in [6.45, 7) is 6.97. The van der Waals surface area contributed by atoms with E-state index in [1.165, 1.54) is 24.0 Å². The Hall–Kier alpha value is -0.860. The van der Waals surface area contributed by atoms with Crippen LogP contribution in [0.4, 0.5) is 0 Å². The topological polar surface area (TPSA) is 32.3 Å². The Morgan fingerprint density at radius 3 is 2.39 bits per heavy atom. The maximum atomic E-state index is 9.75. The van der Waals surface area contributed by atoms with E-state index in [1.807, 2.05) is 0 Å². The van der Waals surface area contributed by atoms with Crippen molar-refractivity contribution >= 4 is 0 Å². The standard InChI is InChI=1S/C16H25NO/c1-11(2)16(18)10-17-15-8-14(9-15)13-6-4-12(3)5-7-13/h4-7,11,14-18H,8-10H2,1-3H3. The van der Waals surface area contributed by atoms with Crippen molar-refractivity contribution in [1.29, 1.82) is 0 Å². The third kappa shape index (κ3) is 3.33. The molecule has 1 aromatic rings. The molecule has 0 radical (unpaired) electrons. The minimum Gasteiger partial charge on any atom is -0.392 e. The molecular formula is C16H25NO. The maximum absolute atomic E-state index is 9.75. The molecule has 0 heterocycles. The number of rotatable bonds is 5. The molecule has 0 spiro atoms. The van der Waals surface area contributed by atoms with Gasteiger partial charge >= 0.3 is 0 Å². The zero-order valence-electron chi connectivity index (χ0n) is 11.7. The molecule has 2 N–H and O–H groups in total. The van der Waals surface area contributed by atoms with Crippen LogP contribution in [0.15, 0.2) is 24.3 Å². The number of aryl methyl sites for hydroxylation is 1. The smallest absolute Gasteiger partial charge is 0.0687 e. The summed E-state index contributed by atoms with van der Waals surface area (Å²) in [5.74, 6) is 1.05. The van der Waals surface area contributed by atoms with Crippen LogP contribution in [0.5, 0.6) is 0 Å². The highest BCUT2D eigenvalue weighted by atomic mass is 16.3. The van der Waals surface area contributed by atoms with Gasteiger partial charge in [0.25, 0.3) is 0 Å². The fourth-order valence-corrected chi connectivity index (χ4v) is 2.42. The van der Waals surface area contributed by atoms with E-state index in [2.05, 4.69) is 50.4 Å². The van der Waals surface area contributed by atoms with Crippen LogP contribution in [-0.4, -0.2) is 23.8 Å². The third-order valence-electron chi connectivity index (χ3n) is 4.07. The van der Waals surface area contributed by atoms with Crippen LogP contribution in [0.3, 0.4) is 0 Å². The predicted octanol–water partition coefficient (Wildman–Crippen LogP) is 2.85. The summed E-state index contributed by atoms with van der Waals surface area (Å²) in [5, 5.41) is 13.2. The monoisotopic (exact) mass is 247 g/mol. The number of nitrogens with one attached hydrogen (secondary N) is 1. The first kappa shape index (κ1) is 13.6. The van der Waals surface area contributed by atoms with E-state index in [1.54, 1.807) is 0 Å². The molecule has 1 saturated carbocycles. The third-order valence-corrected chi connectivity index (χ3v) is 4.07. The van der Waals surface area contributed by atoms with Crippen molar-refractivity contribution < 1.29 is 5.11 Å². The van der Waals surface area contributed by atoms with Crippen LogP contribution >= 0.6 is 0 Å². The average Bonchev–Trinajstić information content (AvgIpc) is 2.28. The molecule has 1 atom stereocenters. The van der Waals surface area contributed by atoms with Crippen LogP contribution < -0.4 is 5.32 Å². The van der Waals surface area contributed by atoms with Crippen LogP contribution in [0.25, 0.3) is 0 Å². The molecule has 0 saturated heterocycles. The summed E-state index contributed by atoms with van der Waals surface area (Å²) >= 11 is 0. The first-order chi connectivity index (χ1) is 8.56. The summed E-state index contributed by atoms with van der Waals surface area (Å²) in [6, 6.07) is 9.47. The number of aliphatic hydroxyl groups excluding tert-OH is 1. The van der Waals surface area contributed by atoms with E-state index in [-0.39, 0.29) is 6.10 Å². The van der Waals surface area contributed by atoms with E-state index in [4.69, 9.17) is 0 Å². The molecular weight excluding hydrogens is 222 g/mol. The van der Waals surface area contributed by atoms with Crippen molar-refractivity contribution in [1.82, 2.24) is 5.32 Å². The Morgan fingerprint density at radius 1 is 1.22 bits per heavy atom. The molecule has 100 valence electrons. The van der Waals surface area contributed by atoms with E-state index in [9.17, 15) is 5.11 Å².